The highest BCUT2D eigenvalue weighted by molar-refractivity contribution is 7.65. The van der Waals surface area contributed by atoms with E-state index in [1.54, 1.807) is 6.07 Å². The molecule has 0 N–H and O–H groups in total. The Morgan fingerprint density at radius 3 is 2.00 bits per heavy atom. The molecule has 0 aromatic heterocycles. The van der Waals surface area contributed by atoms with Gasteiger partial charge in [-0.1, -0.05) is 31.1 Å². The monoisotopic (exact) mass is 232 g/mol. The van der Waals surface area contributed by atoms with Crippen LogP contribution in [0.15, 0.2) is 18.2 Å². The predicted molar refractivity (Wildman–Crippen MR) is 62.0 cm³/mol. The molecule has 0 radical (unpaired) electrons. The molecule has 0 spiro atoms. The quantitative estimate of drug-likeness (QED) is 0.645. The van der Waals surface area contributed by atoms with Crippen LogP contribution in [0.5, 0.6) is 0 Å². The number of rotatable bonds is 1. The second kappa shape index (κ2) is 4.17. The van der Waals surface area contributed by atoms with Gasteiger partial charge in [0.05, 0.1) is 0 Å². The van der Waals surface area contributed by atoms with Gasteiger partial charge in [-0.2, -0.15) is 0 Å². The standard InChI is InChI=1S/C10H11Cl2P/c11-8-5-9(12)7-10(6-8)13-3-1-2-4-13/h5-7H,1-4H2. The molecule has 0 amide bonds. The lowest BCUT2D eigenvalue weighted by Crippen LogP contribution is -2.01. The lowest BCUT2D eigenvalue weighted by atomic mass is 10.4. The Bertz CT molecular complexity index is 286. The summed E-state index contributed by atoms with van der Waals surface area (Å²) in [5.41, 5.74) is 0. The van der Waals surface area contributed by atoms with Gasteiger partial charge in [-0.25, -0.2) is 0 Å². The first-order valence-electron chi connectivity index (χ1n) is 4.47. The van der Waals surface area contributed by atoms with Crippen molar-refractivity contribution in [1.29, 1.82) is 0 Å². The van der Waals surface area contributed by atoms with E-state index in [1.165, 1.54) is 30.5 Å². The molecule has 1 saturated heterocycles. The zero-order chi connectivity index (χ0) is 9.26. The zero-order valence-electron chi connectivity index (χ0n) is 7.26. The topological polar surface area (TPSA) is 0 Å². The Labute approximate surface area is 90.0 Å². The SMILES string of the molecule is Clc1cc(Cl)cc(P2CCCC2)c1. The molecule has 3 heteroatoms. The predicted octanol–water partition coefficient (Wildman–Crippen LogP) is 3.89. The smallest absolute Gasteiger partial charge is 0.0427 e. The lowest BCUT2D eigenvalue weighted by Gasteiger charge is -2.10. The largest absolute Gasteiger partial charge is 0.0843 e. The van der Waals surface area contributed by atoms with E-state index in [-0.39, 0.29) is 7.92 Å². The Hall–Kier alpha value is 0.230. The van der Waals surface area contributed by atoms with Crippen LogP contribution >= 0.6 is 31.1 Å². The third kappa shape index (κ3) is 2.37. The Kier molecular flexibility index (Phi) is 3.14. The van der Waals surface area contributed by atoms with Gasteiger partial charge in [-0.05, 0) is 48.7 Å². The summed E-state index contributed by atoms with van der Waals surface area (Å²) in [6, 6.07) is 5.95. The fourth-order valence-electron chi connectivity index (χ4n) is 1.70. The van der Waals surface area contributed by atoms with Gasteiger partial charge in [0.1, 0.15) is 0 Å². The molecule has 13 heavy (non-hydrogen) atoms. The van der Waals surface area contributed by atoms with Crippen LogP contribution in [0.2, 0.25) is 10.0 Å². The fraction of sp³-hybridized carbons (Fsp3) is 0.400. The van der Waals surface area contributed by atoms with Crippen LogP contribution in [0, 0.1) is 0 Å². The first-order valence-corrected chi connectivity index (χ1v) is 6.93. The molecule has 1 fully saturated rings. The van der Waals surface area contributed by atoms with Gasteiger partial charge in [0.15, 0.2) is 0 Å². The van der Waals surface area contributed by atoms with Crippen LogP contribution in [0.1, 0.15) is 12.8 Å². The lowest BCUT2D eigenvalue weighted by molar-refractivity contribution is 0.949. The van der Waals surface area contributed by atoms with Crippen molar-refractivity contribution in [3.05, 3.63) is 28.2 Å². The van der Waals surface area contributed by atoms with E-state index in [0.717, 1.165) is 10.0 Å². The summed E-state index contributed by atoms with van der Waals surface area (Å²) in [5.74, 6) is 0. The first-order chi connectivity index (χ1) is 6.25. The summed E-state index contributed by atoms with van der Waals surface area (Å²) in [5, 5.41) is 2.93. The molecule has 0 aliphatic carbocycles. The van der Waals surface area contributed by atoms with E-state index in [9.17, 15) is 0 Å². The number of benzene rings is 1. The molecule has 1 aromatic rings. The number of hydrogen-bond donors (Lipinski definition) is 0. The van der Waals surface area contributed by atoms with Crippen molar-refractivity contribution >= 4 is 36.4 Å². The summed E-state index contributed by atoms with van der Waals surface area (Å²) in [4.78, 5) is 0. The third-order valence-electron chi connectivity index (χ3n) is 2.32. The molecule has 2 rings (SSSR count). The normalized spacial score (nSPS) is 18.0. The molecule has 1 heterocycles. The van der Waals surface area contributed by atoms with Crippen molar-refractivity contribution in [3.8, 4) is 0 Å². The van der Waals surface area contributed by atoms with Gasteiger partial charge in [0.2, 0.25) is 0 Å². The molecule has 1 aromatic carbocycles. The van der Waals surface area contributed by atoms with Crippen LogP contribution < -0.4 is 5.30 Å². The van der Waals surface area contributed by atoms with Crippen LogP contribution in [-0.4, -0.2) is 12.3 Å². The molecule has 0 unspecified atom stereocenters. The first kappa shape index (κ1) is 9.77. The zero-order valence-corrected chi connectivity index (χ0v) is 9.67. The molecule has 1 aliphatic rings. The Morgan fingerprint density at radius 1 is 0.923 bits per heavy atom. The van der Waals surface area contributed by atoms with E-state index in [0.29, 0.717) is 0 Å². The van der Waals surface area contributed by atoms with Crippen LogP contribution in [0.4, 0.5) is 0 Å². The second-order valence-electron chi connectivity index (χ2n) is 3.32. The average molecular weight is 233 g/mol. The van der Waals surface area contributed by atoms with Crippen molar-refractivity contribution in [1.82, 2.24) is 0 Å². The van der Waals surface area contributed by atoms with E-state index >= 15 is 0 Å². The minimum absolute atomic E-state index is 0.0585. The van der Waals surface area contributed by atoms with Crippen LogP contribution in [0.3, 0.4) is 0 Å². The molecule has 0 saturated carbocycles. The van der Waals surface area contributed by atoms with Gasteiger partial charge in [0.25, 0.3) is 0 Å². The van der Waals surface area contributed by atoms with Gasteiger partial charge in [0, 0.05) is 10.0 Å². The summed E-state index contributed by atoms with van der Waals surface area (Å²) < 4.78 is 0. The molecule has 0 atom stereocenters. The van der Waals surface area contributed by atoms with Crippen molar-refractivity contribution < 1.29 is 0 Å². The minimum Gasteiger partial charge on any atom is -0.0843 e. The highest BCUT2D eigenvalue weighted by atomic mass is 35.5. The summed E-state index contributed by atoms with van der Waals surface area (Å²) in [6.07, 6.45) is 5.45. The summed E-state index contributed by atoms with van der Waals surface area (Å²) in [7, 11) is 0.0585. The van der Waals surface area contributed by atoms with Crippen molar-refractivity contribution in [2.75, 3.05) is 12.3 Å². The molecular formula is C10H11Cl2P. The Morgan fingerprint density at radius 2 is 1.46 bits per heavy atom. The van der Waals surface area contributed by atoms with E-state index in [4.69, 9.17) is 23.2 Å². The van der Waals surface area contributed by atoms with Crippen LogP contribution in [0.25, 0.3) is 0 Å². The fourth-order valence-corrected chi connectivity index (χ4v) is 4.97. The Balaban J connectivity index is 2.28. The van der Waals surface area contributed by atoms with E-state index in [2.05, 4.69) is 12.1 Å². The molecule has 0 nitrogen and oxygen atoms in total. The highest BCUT2D eigenvalue weighted by Crippen LogP contribution is 2.42. The third-order valence-corrected chi connectivity index (χ3v) is 5.46. The van der Waals surface area contributed by atoms with Gasteiger partial charge >= 0.3 is 0 Å². The summed E-state index contributed by atoms with van der Waals surface area (Å²) >= 11 is 11.9. The van der Waals surface area contributed by atoms with E-state index < -0.39 is 0 Å². The highest BCUT2D eigenvalue weighted by Gasteiger charge is 2.16. The van der Waals surface area contributed by atoms with Crippen LogP contribution in [-0.2, 0) is 0 Å². The van der Waals surface area contributed by atoms with Gasteiger partial charge in [-0.3, -0.25) is 0 Å². The van der Waals surface area contributed by atoms with Gasteiger partial charge in [-0.15, -0.1) is 0 Å². The van der Waals surface area contributed by atoms with Crippen molar-refractivity contribution in [2.45, 2.75) is 12.8 Å². The maximum Gasteiger partial charge on any atom is 0.0427 e. The van der Waals surface area contributed by atoms with Gasteiger partial charge < -0.3 is 0 Å². The molecule has 1 aliphatic heterocycles. The summed E-state index contributed by atoms with van der Waals surface area (Å²) in [6.45, 7) is 0. The molecule has 70 valence electrons. The maximum atomic E-state index is 5.95. The average Bonchev–Trinajstić information content (AvgIpc) is 2.53. The van der Waals surface area contributed by atoms with E-state index in [1.807, 2.05) is 0 Å². The minimum atomic E-state index is 0.0585. The number of hydrogen-bond acceptors (Lipinski definition) is 0. The second-order valence-corrected chi connectivity index (χ2v) is 6.69. The molecule has 0 bridgehead atoms. The van der Waals surface area contributed by atoms with Crippen molar-refractivity contribution in [2.24, 2.45) is 0 Å². The maximum absolute atomic E-state index is 5.95. The van der Waals surface area contributed by atoms with Crippen molar-refractivity contribution in [3.63, 3.8) is 0 Å². The number of halogens is 2. The molecular weight excluding hydrogens is 222 g/mol.